The zero-order valence-corrected chi connectivity index (χ0v) is 11.3. The van der Waals surface area contributed by atoms with Crippen molar-refractivity contribution in [2.75, 3.05) is 20.1 Å². The van der Waals surface area contributed by atoms with Crippen LogP contribution in [-0.4, -0.2) is 41.1 Å². The Bertz CT molecular complexity index is 364. The molecule has 0 aliphatic rings. The van der Waals surface area contributed by atoms with Crippen LogP contribution >= 0.6 is 0 Å². The fourth-order valence-electron chi connectivity index (χ4n) is 1.77. The summed E-state index contributed by atoms with van der Waals surface area (Å²) in [5, 5.41) is 3.89. The maximum Gasteiger partial charge on any atom is 0.320 e. The molecule has 0 saturated heterocycles. The highest BCUT2D eigenvalue weighted by Gasteiger charge is 2.18. The summed E-state index contributed by atoms with van der Waals surface area (Å²) in [6.07, 6.45) is 0. The van der Waals surface area contributed by atoms with Crippen molar-refractivity contribution in [3.8, 4) is 0 Å². The lowest BCUT2D eigenvalue weighted by atomic mass is 10.2. The van der Waals surface area contributed by atoms with Gasteiger partial charge in [-0.25, -0.2) is 4.79 Å². The smallest absolute Gasteiger partial charge is 0.320 e. The third-order valence-corrected chi connectivity index (χ3v) is 2.94. The lowest BCUT2D eigenvalue weighted by molar-refractivity contribution is 0.165. The van der Waals surface area contributed by atoms with Gasteiger partial charge in [-0.2, -0.15) is 0 Å². The highest BCUT2D eigenvalue weighted by molar-refractivity contribution is 5.74. The van der Waals surface area contributed by atoms with E-state index < -0.39 is 0 Å². The number of urea groups is 1. The maximum atomic E-state index is 12.1. The zero-order valence-electron chi connectivity index (χ0n) is 11.3. The molecule has 0 fully saturated rings. The minimum atomic E-state index is 0.0370. The van der Waals surface area contributed by atoms with Gasteiger partial charge in [0.05, 0.1) is 12.2 Å². The number of carbonyl (C=O) groups excluding carboxylic acids is 1. The van der Waals surface area contributed by atoms with Crippen LogP contribution in [-0.2, 0) is 6.54 Å². The largest absolute Gasteiger partial charge is 0.361 e. The quantitative estimate of drug-likeness (QED) is 0.809. The minimum Gasteiger partial charge on any atom is -0.361 e. The summed E-state index contributed by atoms with van der Waals surface area (Å²) in [5.41, 5.74) is 1.84. The fourth-order valence-corrected chi connectivity index (χ4v) is 1.77. The van der Waals surface area contributed by atoms with Crippen LogP contribution in [0.1, 0.15) is 30.9 Å². The standard InChI is InChI=1S/C12H21N3O2/c1-6-15(7-2)12(16)14(5)8-11-9(3)13-17-10(11)4/h6-8H2,1-5H3. The number of carbonyl (C=O) groups is 1. The van der Waals surface area contributed by atoms with Crippen molar-refractivity contribution in [1.29, 1.82) is 0 Å². The summed E-state index contributed by atoms with van der Waals surface area (Å²) in [7, 11) is 1.80. The SMILES string of the molecule is CCN(CC)C(=O)N(C)Cc1c(C)noc1C. The summed E-state index contributed by atoms with van der Waals surface area (Å²) < 4.78 is 5.09. The molecule has 0 atom stereocenters. The van der Waals surface area contributed by atoms with Gasteiger partial charge in [-0.15, -0.1) is 0 Å². The molecule has 0 saturated carbocycles. The van der Waals surface area contributed by atoms with Crippen molar-refractivity contribution in [2.24, 2.45) is 0 Å². The second-order valence-corrected chi connectivity index (χ2v) is 4.11. The molecule has 0 aliphatic heterocycles. The first kappa shape index (κ1) is 13.5. The zero-order chi connectivity index (χ0) is 13.0. The molecule has 5 heteroatoms. The van der Waals surface area contributed by atoms with Gasteiger partial charge in [0.25, 0.3) is 0 Å². The van der Waals surface area contributed by atoms with Crippen LogP contribution in [0.5, 0.6) is 0 Å². The van der Waals surface area contributed by atoms with E-state index in [0.29, 0.717) is 6.54 Å². The van der Waals surface area contributed by atoms with E-state index in [0.717, 1.165) is 30.1 Å². The Kier molecular flexibility index (Phi) is 4.54. The molecular weight excluding hydrogens is 218 g/mol. The van der Waals surface area contributed by atoms with Crippen molar-refractivity contribution in [3.05, 3.63) is 17.0 Å². The number of rotatable bonds is 4. The third-order valence-electron chi connectivity index (χ3n) is 2.94. The number of amides is 2. The van der Waals surface area contributed by atoms with Gasteiger partial charge in [-0.05, 0) is 27.7 Å². The predicted octanol–water partition coefficient (Wildman–Crippen LogP) is 2.19. The van der Waals surface area contributed by atoms with E-state index in [9.17, 15) is 4.79 Å². The summed E-state index contributed by atoms with van der Waals surface area (Å²) in [5.74, 6) is 0.779. The van der Waals surface area contributed by atoms with Gasteiger partial charge in [-0.1, -0.05) is 5.16 Å². The molecule has 1 rings (SSSR count). The number of aryl methyl sites for hydroxylation is 2. The van der Waals surface area contributed by atoms with Crippen LogP contribution < -0.4 is 0 Å². The van der Waals surface area contributed by atoms with E-state index in [1.54, 1.807) is 16.8 Å². The molecule has 1 aromatic heterocycles. The van der Waals surface area contributed by atoms with Gasteiger partial charge < -0.3 is 14.3 Å². The first-order valence-corrected chi connectivity index (χ1v) is 5.93. The Hall–Kier alpha value is -1.52. The number of hydrogen-bond donors (Lipinski definition) is 0. The normalized spacial score (nSPS) is 10.4. The predicted molar refractivity (Wildman–Crippen MR) is 65.8 cm³/mol. The van der Waals surface area contributed by atoms with E-state index in [1.165, 1.54) is 0 Å². The molecule has 0 spiro atoms. The average Bonchev–Trinajstić information content (AvgIpc) is 2.62. The van der Waals surface area contributed by atoms with Gasteiger partial charge in [0.2, 0.25) is 0 Å². The van der Waals surface area contributed by atoms with Crippen molar-refractivity contribution in [3.63, 3.8) is 0 Å². The lowest BCUT2D eigenvalue weighted by Gasteiger charge is -2.26. The van der Waals surface area contributed by atoms with E-state index in [-0.39, 0.29) is 6.03 Å². The third kappa shape index (κ3) is 2.99. The summed E-state index contributed by atoms with van der Waals surface area (Å²) in [6, 6.07) is 0.0370. The highest BCUT2D eigenvalue weighted by Crippen LogP contribution is 2.14. The van der Waals surface area contributed by atoms with Gasteiger partial charge in [-0.3, -0.25) is 0 Å². The first-order valence-electron chi connectivity index (χ1n) is 5.93. The number of hydrogen-bond acceptors (Lipinski definition) is 3. The first-order chi connectivity index (χ1) is 8.01. The Labute approximate surface area is 102 Å². The molecular formula is C12H21N3O2. The summed E-state index contributed by atoms with van der Waals surface area (Å²) >= 11 is 0. The lowest BCUT2D eigenvalue weighted by Crippen LogP contribution is -2.40. The fraction of sp³-hybridized carbons (Fsp3) is 0.667. The number of aromatic nitrogens is 1. The van der Waals surface area contributed by atoms with Crippen LogP contribution in [0.25, 0.3) is 0 Å². The van der Waals surface area contributed by atoms with E-state index in [1.807, 2.05) is 27.7 Å². The van der Waals surface area contributed by atoms with Crippen molar-refractivity contribution in [2.45, 2.75) is 34.2 Å². The molecule has 17 heavy (non-hydrogen) atoms. The van der Waals surface area contributed by atoms with E-state index >= 15 is 0 Å². The molecule has 2 amide bonds. The molecule has 1 aromatic rings. The molecule has 0 N–H and O–H groups in total. The molecule has 0 radical (unpaired) electrons. The van der Waals surface area contributed by atoms with Gasteiger partial charge >= 0.3 is 6.03 Å². The number of nitrogens with zero attached hydrogens (tertiary/aromatic N) is 3. The molecule has 96 valence electrons. The van der Waals surface area contributed by atoms with Gasteiger partial charge in [0.1, 0.15) is 5.76 Å². The van der Waals surface area contributed by atoms with Crippen LogP contribution in [0.2, 0.25) is 0 Å². The molecule has 0 unspecified atom stereocenters. The van der Waals surface area contributed by atoms with Crippen LogP contribution in [0, 0.1) is 13.8 Å². The second kappa shape index (κ2) is 5.70. The van der Waals surface area contributed by atoms with Crippen LogP contribution in [0.3, 0.4) is 0 Å². The molecule has 1 heterocycles. The Morgan fingerprint density at radius 1 is 1.29 bits per heavy atom. The highest BCUT2D eigenvalue weighted by atomic mass is 16.5. The van der Waals surface area contributed by atoms with Crippen molar-refractivity contribution < 1.29 is 9.32 Å². The van der Waals surface area contributed by atoms with Crippen molar-refractivity contribution in [1.82, 2.24) is 15.0 Å². The Balaban J connectivity index is 2.72. The maximum absolute atomic E-state index is 12.1. The van der Waals surface area contributed by atoms with E-state index in [4.69, 9.17) is 4.52 Å². The van der Waals surface area contributed by atoms with Crippen LogP contribution in [0.15, 0.2) is 4.52 Å². The van der Waals surface area contributed by atoms with Gasteiger partial charge in [0, 0.05) is 25.7 Å². The van der Waals surface area contributed by atoms with E-state index in [2.05, 4.69) is 5.16 Å². The molecule has 0 aromatic carbocycles. The topological polar surface area (TPSA) is 49.6 Å². The average molecular weight is 239 g/mol. The summed E-state index contributed by atoms with van der Waals surface area (Å²) in [4.78, 5) is 15.5. The van der Waals surface area contributed by atoms with Crippen molar-refractivity contribution >= 4 is 6.03 Å². The molecule has 5 nitrogen and oxygen atoms in total. The molecule has 0 aliphatic carbocycles. The minimum absolute atomic E-state index is 0.0370. The second-order valence-electron chi connectivity index (χ2n) is 4.11. The van der Waals surface area contributed by atoms with Gasteiger partial charge in [0.15, 0.2) is 0 Å². The Morgan fingerprint density at radius 3 is 2.29 bits per heavy atom. The van der Waals surface area contributed by atoms with Crippen LogP contribution in [0.4, 0.5) is 4.79 Å². The molecule has 0 bridgehead atoms. The monoisotopic (exact) mass is 239 g/mol. The summed E-state index contributed by atoms with van der Waals surface area (Å²) in [6.45, 7) is 9.70. The Morgan fingerprint density at radius 2 is 1.88 bits per heavy atom.